The Morgan fingerprint density at radius 3 is 0.833 bits per heavy atom. The quantitative estimate of drug-likeness (QED) is 0.0927. The van der Waals surface area contributed by atoms with Crippen LogP contribution in [0.2, 0.25) is 0 Å². The SMILES string of the molecule is CCCCCCCCCCCCCCCCCCCCCCCCCC(N)C(C)CCCCCCC. The van der Waals surface area contributed by atoms with E-state index in [1.165, 1.54) is 193 Å². The number of unbranched alkanes of at least 4 members (excludes halogenated alkanes) is 26. The van der Waals surface area contributed by atoms with E-state index in [0.29, 0.717) is 12.0 Å². The average molecular weight is 508 g/mol. The maximum atomic E-state index is 6.45. The van der Waals surface area contributed by atoms with Gasteiger partial charge in [0, 0.05) is 6.04 Å². The number of rotatable bonds is 31. The summed E-state index contributed by atoms with van der Waals surface area (Å²) < 4.78 is 0. The highest BCUT2D eigenvalue weighted by Gasteiger charge is 2.11. The molecule has 0 fully saturated rings. The smallest absolute Gasteiger partial charge is 0.00645 e. The van der Waals surface area contributed by atoms with E-state index in [9.17, 15) is 0 Å². The topological polar surface area (TPSA) is 26.0 Å². The van der Waals surface area contributed by atoms with Crippen molar-refractivity contribution in [3.8, 4) is 0 Å². The van der Waals surface area contributed by atoms with E-state index < -0.39 is 0 Å². The van der Waals surface area contributed by atoms with Crippen molar-refractivity contribution >= 4 is 0 Å². The van der Waals surface area contributed by atoms with Crippen LogP contribution >= 0.6 is 0 Å². The minimum absolute atomic E-state index is 0.436. The van der Waals surface area contributed by atoms with Crippen molar-refractivity contribution in [2.45, 2.75) is 219 Å². The van der Waals surface area contributed by atoms with Gasteiger partial charge in [-0.25, -0.2) is 0 Å². The maximum Gasteiger partial charge on any atom is 0.00645 e. The molecule has 2 N–H and O–H groups in total. The van der Waals surface area contributed by atoms with Crippen LogP contribution in [0, 0.1) is 5.92 Å². The number of hydrogen-bond donors (Lipinski definition) is 1. The van der Waals surface area contributed by atoms with Crippen LogP contribution in [0.25, 0.3) is 0 Å². The van der Waals surface area contributed by atoms with Crippen molar-refractivity contribution in [3.05, 3.63) is 0 Å². The van der Waals surface area contributed by atoms with Crippen LogP contribution in [0.5, 0.6) is 0 Å². The van der Waals surface area contributed by atoms with Gasteiger partial charge >= 0.3 is 0 Å². The molecule has 2 atom stereocenters. The molecule has 0 bridgehead atoms. The van der Waals surface area contributed by atoms with E-state index in [0.717, 1.165) is 0 Å². The van der Waals surface area contributed by atoms with Crippen molar-refractivity contribution < 1.29 is 0 Å². The first kappa shape index (κ1) is 36.0. The van der Waals surface area contributed by atoms with Crippen LogP contribution in [-0.4, -0.2) is 6.04 Å². The lowest BCUT2D eigenvalue weighted by atomic mass is 9.91. The third-order valence-electron chi connectivity index (χ3n) is 8.63. The summed E-state index contributed by atoms with van der Waals surface area (Å²) in [6.45, 7) is 6.98. The second-order valence-corrected chi connectivity index (χ2v) is 12.4. The van der Waals surface area contributed by atoms with Gasteiger partial charge in [-0.1, -0.05) is 201 Å². The minimum Gasteiger partial charge on any atom is -0.327 e. The highest BCUT2D eigenvalue weighted by Crippen LogP contribution is 2.19. The van der Waals surface area contributed by atoms with Gasteiger partial charge < -0.3 is 5.73 Å². The van der Waals surface area contributed by atoms with Crippen LogP contribution in [-0.2, 0) is 0 Å². The Bertz CT molecular complexity index is 379. The molecule has 0 spiro atoms. The van der Waals surface area contributed by atoms with E-state index in [2.05, 4.69) is 20.8 Å². The molecule has 0 saturated heterocycles. The molecule has 0 aliphatic heterocycles. The Hall–Kier alpha value is -0.0400. The molecule has 0 aliphatic rings. The first-order valence-electron chi connectivity index (χ1n) is 17.5. The zero-order chi connectivity index (χ0) is 26.4. The van der Waals surface area contributed by atoms with Crippen LogP contribution in [0.15, 0.2) is 0 Å². The Labute approximate surface area is 230 Å². The van der Waals surface area contributed by atoms with Crippen molar-refractivity contribution in [2.75, 3.05) is 0 Å². The van der Waals surface area contributed by atoms with Gasteiger partial charge in [0.05, 0.1) is 0 Å². The van der Waals surface area contributed by atoms with E-state index in [-0.39, 0.29) is 0 Å². The van der Waals surface area contributed by atoms with E-state index in [1.54, 1.807) is 0 Å². The predicted octanol–water partition coefficient (Wildman–Crippen LogP) is 12.7. The molecule has 0 amide bonds. The summed E-state index contributed by atoms with van der Waals surface area (Å²) in [7, 11) is 0. The summed E-state index contributed by atoms with van der Waals surface area (Å²) in [4.78, 5) is 0. The molecule has 1 heteroatoms. The zero-order valence-corrected chi connectivity index (χ0v) is 25.9. The molecule has 2 unspecified atom stereocenters. The zero-order valence-electron chi connectivity index (χ0n) is 25.9. The van der Waals surface area contributed by atoms with Crippen LogP contribution < -0.4 is 5.73 Å². The first-order chi connectivity index (χ1) is 17.7. The van der Waals surface area contributed by atoms with E-state index in [4.69, 9.17) is 5.73 Å². The van der Waals surface area contributed by atoms with Crippen molar-refractivity contribution in [2.24, 2.45) is 11.7 Å². The van der Waals surface area contributed by atoms with Crippen LogP contribution in [0.1, 0.15) is 213 Å². The summed E-state index contributed by atoms with van der Waals surface area (Å²) in [5.74, 6) is 0.714. The Morgan fingerprint density at radius 2 is 0.556 bits per heavy atom. The van der Waals surface area contributed by atoms with Crippen LogP contribution in [0.3, 0.4) is 0 Å². The molecule has 218 valence electrons. The van der Waals surface area contributed by atoms with Gasteiger partial charge in [0.15, 0.2) is 0 Å². The average Bonchev–Trinajstić information content (AvgIpc) is 2.88. The van der Waals surface area contributed by atoms with Crippen molar-refractivity contribution in [1.82, 2.24) is 0 Å². The molecular weight excluding hydrogens is 434 g/mol. The molecule has 0 aromatic rings. The Morgan fingerprint density at radius 1 is 0.333 bits per heavy atom. The van der Waals surface area contributed by atoms with Gasteiger partial charge in [-0.15, -0.1) is 0 Å². The lowest BCUT2D eigenvalue weighted by Gasteiger charge is -2.19. The monoisotopic (exact) mass is 508 g/mol. The normalized spacial score (nSPS) is 13.3. The van der Waals surface area contributed by atoms with Gasteiger partial charge in [0.25, 0.3) is 0 Å². The van der Waals surface area contributed by atoms with Crippen molar-refractivity contribution in [1.29, 1.82) is 0 Å². The number of nitrogens with two attached hydrogens (primary N) is 1. The molecule has 0 aromatic carbocycles. The van der Waals surface area contributed by atoms with E-state index >= 15 is 0 Å². The predicted molar refractivity (Wildman–Crippen MR) is 167 cm³/mol. The first-order valence-corrected chi connectivity index (χ1v) is 17.5. The van der Waals surface area contributed by atoms with E-state index in [1.807, 2.05) is 0 Å². The van der Waals surface area contributed by atoms with Gasteiger partial charge in [-0.3, -0.25) is 0 Å². The largest absolute Gasteiger partial charge is 0.327 e. The molecule has 36 heavy (non-hydrogen) atoms. The summed E-state index contributed by atoms with van der Waals surface area (Å²) in [6.07, 6.45) is 43.1. The fraction of sp³-hybridized carbons (Fsp3) is 1.00. The highest BCUT2D eigenvalue weighted by molar-refractivity contribution is 4.69. The number of hydrogen-bond acceptors (Lipinski definition) is 1. The molecule has 0 rings (SSSR count). The van der Waals surface area contributed by atoms with Crippen LogP contribution in [0.4, 0.5) is 0 Å². The van der Waals surface area contributed by atoms with Gasteiger partial charge in [-0.2, -0.15) is 0 Å². The molecule has 0 aliphatic carbocycles. The fourth-order valence-electron chi connectivity index (χ4n) is 5.73. The highest BCUT2D eigenvalue weighted by atomic mass is 14.6. The van der Waals surface area contributed by atoms with Gasteiger partial charge in [0.1, 0.15) is 0 Å². The second kappa shape index (κ2) is 31.2. The molecule has 0 heterocycles. The molecule has 0 aromatic heterocycles. The second-order valence-electron chi connectivity index (χ2n) is 12.4. The molecular formula is C35H73N. The standard InChI is InChI=1S/C35H73N/c1-4-6-8-10-11-12-13-14-15-16-17-18-19-20-21-22-23-24-25-26-27-29-31-33-35(36)34(3)32-30-28-9-7-5-2/h34-35H,4-33,36H2,1-3H3. The summed E-state index contributed by atoms with van der Waals surface area (Å²) >= 11 is 0. The lowest BCUT2D eigenvalue weighted by Crippen LogP contribution is -2.28. The third-order valence-corrected chi connectivity index (χ3v) is 8.63. The summed E-state index contributed by atoms with van der Waals surface area (Å²) in [6, 6.07) is 0.436. The fourth-order valence-corrected chi connectivity index (χ4v) is 5.73. The van der Waals surface area contributed by atoms with Gasteiger partial charge in [0.2, 0.25) is 0 Å². The van der Waals surface area contributed by atoms with Crippen molar-refractivity contribution in [3.63, 3.8) is 0 Å². The molecule has 0 saturated carbocycles. The Kier molecular flexibility index (Phi) is 31.1. The lowest BCUT2D eigenvalue weighted by molar-refractivity contribution is 0.377. The maximum absolute atomic E-state index is 6.45. The summed E-state index contributed by atoms with van der Waals surface area (Å²) in [5, 5.41) is 0. The third kappa shape index (κ3) is 28.5. The van der Waals surface area contributed by atoms with Gasteiger partial charge in [-0.05, 0) is 18.8 Å². The Balaban J connectivity index is 3.17. The minimum atomic E-state index is 0.436. The molecule has 0 radical (unpaired) electrons. The summed E-state index contributed by atoms with van der Waals surface area (Å²) in [5.41, 5.74) is 6.45. The molecule has 1 nitrogen and oxygen atoms in total.